The summed E-state index contributed by atoms with van der Waals surface area (Å²) in [6.45, 7) is 4.27. The Kier molecular flexibility index (Phi) is 5.32. The highest BCUT2D eigenvalue weighted by molar-refractivity contribution is 5.23. The monoisotopic (exact) mass is 364 g/mol. The van der Waals surface area contributed by atoms with Crippen molar-refractivity contribution < 1.29 is 4.39 Å². The lowest BCUT2D eigenvalue weighted by Gasteiger charge is -2.16. The Hall–Kier alpha value is -2.50. The third-order valence-corrected chi connectivity index (χ3v) is 5.40. The fourth-order valence-corrected chi connectivity index (χ4v) is 4.02. The van der Waals surface area contributed by atoms with Crippen LogP contribution in [0.2, 0.25) is 0 Å². The largest absolute Gasteiger partial charge is 0.330 e. The predicted octanol–water partition coefficient (Wildman–Crippen LogP) is 3.24. The molecule has 27 heavy (non-hydrogen) atoms. The van der Waals surface area contributed by atoms with E-state index in [1.807, 2.05) is 10.9 Å². The summed E-state index contributed by atoms with van der Waals surface area (Å²) in [5.41, 5.74) is 9.66. The third kappa shape index (κ3) is 4.26. The van der Waals surface area contributed by atoms with Crippen LogP contribution in [-0.2, 0) is 13.1 Å². The van der Waals surface area contributed by atoms with Crippen LogP contribution in [0.1, 0.15) is 22.6 Å². The Balaban J connectivity index is 1.39. The highest BCUT2D eigenvalue weighted by atomic mass is 19.1. The number of halogens is 1. The Morgan fingerprint density at radius 2 is 1.74 bits per heavy atom. The van der Waals surface area contributed by atoms with E-state index in [9.17, 15) is 4.39 Å². The van der Waals surface area contributed by atoms with Crippen molar-refractivity contribution in [3.8, 4) is 0 Å². The summed E-state index contributed by atoms with van der Waals surface area (Å²) in [6.07, 6.45) is 4.01. The SMILES string of the molecule is NC[C@@H]1CN(Cc2cnn(Cc3ccc(F)cc3)c2)C[C@H]1c1ccccc1. The second kappa shape index (κ2) is 8.03. The molecule has 2 heterocycles. The van der Waals surface area contributed by atoms with Crippen LogP contribution in [0.4, 0.5) is 4.39 Å². The molecule has 1 aromatic heterocycles. The number of aromatic nitrogens is 2. The standard InChI is InChI=1S/C22H25FN4/c23-21-8-6-17(7-9-21)13-27-14-18(11-25-27)12-26-15-20(10-24)22(16-26)19-4-2-1-3-5-19/h1-9,11,14,20,22H,10,12-13,15-16,24H2/t20-,22+/m1/s1. The molecule has 2 atom stereocenters. The van der Waals surface area contributed by atoms with Crippen molar-refractivity contribution in [3.63, 3.8) is 0 Å². The van der Waals surface area contributed by atoms with Crippen LogP contribution in [0, 0.1) is 11.7 Å². The van der Waals surface area contributed by atoms with Gasteiger partial charge in [0.05, 0.1) is 12.7 Å². The van der Waals surface area contributed by atoms with Gasteiger partial charge in [0, 0.05) is 37.3 Å². The van der Waals surface area contributed by atoms with Gasteiger partial charge in [-0.3, -0.25) is 9.58 Å². The van der Waals surface area contributed by atoms with E-state index in [0.29, 0.717) is 24.9 Å². The molecule has 0 unspecified atom stereocenters. The molecular weight excluding hydrogens is 339 g/mol. The van der Waals surface area contributed by atoms with E-state index < -0.39 is 0 Å². The molecule has 5 heteroatoms. The second-order valence-electron chi connectivity index (χ2n) is 7.38. The number of hydrogen-bond acceptors (Lipinski definition) is 3. The summed E-state index contributed by atoms with van der Waals surface area (Å²) < 4.78 is 14.9. The van der Waals surface area contributed by atoms with Crippen molar-refractivity contribution >= 4 is 0 Å². The number of nitrogens with zero attached hydrogens (tertiary/aromatic N) is 3. The molecule has 4 nitrogen and oxygen atoms in total. The predicted molar refractivity (Wildman–Crippen MR) is 105 cm³/mol. The third-order valence-electron chi connectivity index (χ3n) is 5.40. The van der Waals surface area contributed by atoms with E-state index >= 15 is 0 Å². The van der Waals surface area contributed by atoms with Gasteiger partial charge in [0.15, 0.2) is 0 Å². The van der Waals surface area contributed by atoms with E-state index in [4.69, 9.17) is 5.73 Å². The molecule has 0 aliphatic carbocycles. The summed E-state index contributed by atoms with van der Waals surface area (Å²) in [7, 11) is 0. The fourth-order valence-electron chi connectivity index (χ4n) is 4.02. The van der Waals surface area contributed by atoms with Gasteiger partial charge < -0.3 is 5.73 Å². The van der Waals surface area contributed by atoms with Gasteiger partial charge in [-0.15, -0.1) is 0 Å². The normalized spacial score (nSPS) is 20.2. The Bertz CT molecular complexity index is 860. The maximum atomic E-state index is 13.0. The maximum absolute atomic E-state index is 13.0. The zero-order valence-electron chi connectivity index (χ0n) is 15.3. The maximum Gasteiger partial charge on any atom is 0.123 e. The van der Waals surface area contributed by atoms with E-state index in [-0.39, 0.29) is 5.82 Å². The van der Waals surface area contributed by atoms with Gasteiger partial charge in [0.25, 0.3) is 0 Å². The van der Waals surface area contributed by atoms with E-state index in [2.05, 4.69) is 46.5 Å². The topological polar surface area (TPSA) is 47.1 Å². The number of hydrogen-bond donors (Lipinski definition) is 1. The highest BCUT2D eigenvalue weighted by Gasteiger charge is 2.32. The molecule has 1 fully saturated rings. The summed E-state index contributed by atoms with van der Waals surface area (Å²) >= 11 is 0. The van der Waals surface area contributed by atoms with Gasteiger partial charge in [-0.1, -0.05) is 42.5 Å². The molecule has 0 spiro atoms. The number of benzene rings is 2. The molecule has 3 aromatic rings. The molecule has 140 valence electrons. The number of rotatable bonds is 6. The lowest BCUT2D eigenvalue weighted by Crippen LogP contribution is -2.23. The van der Waals surface area contributed by atoms with Crippen molar-refractivity contribution in [3.05, 3.63) is 89.5 Å². The van der Waals surface area contributed by atoms with Gasteiger partial charge in [-0.05, 0) is 35.7 Å². The highest BCUT2D eigenvalue weighted by Crippen LogP contribution is 2.32. The lowest BCUT2D eigenvalue weighted by atomic mass is 9.89. The van der Waals surface area contributed by atoms with E-state index in [1.54, 1.807) is 12.1 Å². The van der Waals surface area contributed by atoms with Crippen LogP contribution in [-0.4, -0.2) is 34.3 Å². The zero-order chi connectivity index (χ0) is 18.6. The van der Waals surface area contributed by atoms with Crippen LogP contribution in [0.15, 0.2) is 67.0 Å². The Labute approximate surface area is 159 Å². The van der Waals surface area contributed by atoms with Crippen molar-refractivity contribution in [1.29, 1.82) is 0 Å². The average molecular weight is 364 g/mol. The Morgan fingerprint density at radius 1 is 0.963 bits per heavy atom. The van der Waals surface area contributed by atoms with Crippen LogP contribution in [0.3, 0.4) is 0 Å². The second-order valence-corrected chi connectivity index (χ2v) is 7.38. The first-order chi connectivity index (χ1) is 13.2. The number of likely N-dealkylation sites (tertiary alicyclic amines) is 1. The molecule has 0 amide bonds. The van der Waals surface area contributed by atoms with Crippen LogP contribution >= 0.6 is 0 Å². The van der Waals surface area contributed by atoms with Gasteiger partial charge >= 0.3 is 0 Å². The molecule has 1 saturated heterocycles. The molecule has 0 bridgehead atoms. The minimum Gasteiger partial charge on any atom is -0.330 e. The number of nitrogens with two attached hydrogens (primary N) is 1. The summed E-state index contributed by atoms with van der Waals surface area (Å²) in [5, 5.41) is 4.46. The van der Waals surface area contributed by atoms with E-state index in [0.717, 1.165) is 25.2 Å². The molecule has 2 aromatic carbocycles. The van der Waals surface area contributed by atoms with Crippen molar-refractivity contribution in [2.24, 2.45) is 11.7 Å². The zero-order valence-corrected chi connectivity index (χ0v) is 15.3. The molecule has 0 saturated carbocycles. The van der Waals surface area contributed by atoms with Gasteiger partial charge in [0.1, 0.15) is 5.82 Å². The van der Waals surface area contributed by atoms with Crippen LogP contribution in [0.5, 0.6) is 0 Å². The first-order valence-electron chi connectivity index (χ1n) is 9.44. The summed E-state index contributed by atoms with van der Waals surface area (Å²) in [6, 6.07) is 17.2. The Morgan fingerprint density at radius 3 is 2.48 bits per heavy atom. The molecule has 1 aliphatic rings. The van der Waals surface area contributed by atoms with Gasteiger partial charge in [-0.2, -0.15) is 5.10 Å². The molecule has 4 rings (SSSR count). The molecule has 1 aliphatic heterocycles. The summed E-state index contributed by atoms with van der Waals surface area (Å²) in [5.74, 6) is 0.767. The van der Waals surface area contributed by atoms with Gasteiger partial charge in [-0.25, -0.2) is 4.39 Å². The van der Waals surface area contributed by atoms with Crippen LogP contribution < -0.4 is 5.73 Å². The first-order valence-corrected chi connectivity index (χ1v) is 9.44. The van der Waals surface area contributed by atoms with Gasteiger partial charge in [0.2, 0.25) is 0 Å². The summed E-state index contributed by atoms with van der Waals surface area (Å²) in [4.78, 5) is 2.47. The first kappa shape index (κ1) is 17.9. The average Bonchev–Trinajstić information content (AvgIpc) is 3.31. The fraction of sp³-hybridized carbons (Fsp3) is 0.318. The molecular formula is C22H25FN4. The van der Waals surface area contributed by atoms with Crippen molar-refractivity contribution in [1.82, 2.24) is 14.7 Å². The minimum atomic E-state index is -0.212. The quantitative estimate of drug-likeness (QED) is 0.730. The minimum absolute atomic E-state index is 0.212. The van der Waals surface area contributed by atoms with Crippen molar-refractivity contribution in [2.75, 3.05) is 19.6 Å². The van der Waals surface area contributed by atoms with Crippen LogP contribution in [0.25, 0.3) is 0 Å². The smallest absolute Gasteiger partial charge is 0.123 e. The molecule has 2 N–H and O–H groups in total. The lowest BCUT2D eigenvalue weighted by molar-refractivity contribution is 0.317. The molecule has 0 radical (unpaired) electrons. The van der Waals surface area contributed by atoms with E-state index in [1.165, 1.54) is 23.3 Å². The van der Waals surface area contributed by atoms with Crippen molar-refractivity contribution in [2.45, 2.75) is 19.0 Å².